The highest BCUT2D eigenvalue weighted by atomic mass is 32.2. The van der Waals surface area contributed by atoms with Gasteiger partial charge in [-0.15, -0.1) is 11.3 Å². The first-order valence-corrected chi connectivity index (χ1v) is 15.2. The van der Waals surface area contributed by atoms with Crippen LogP contribution in [0.1, 0.15) is 74.9 Å². The fourth-order valence-corrected chi connectivity index (χ4v) is 8.62. The maximum atomic E-state index is 13.5. The molecule has 0 aromatic carbocycles. The summed E-state index contributed by atoms with van der Waals surface area (Å²) in [6, 6.07) is 0.680. The van der Waals surface area contributed by atoms with Crippen molar-refractivity contribution in [3.8, 4) is 0 Å². The van der Waals surface area contributed by atoms with Gasteiger partial charge in [-0.1, -0.05) is 38.5 Å². The van der Waals surface area contributed by atoms with Crippen LogP contribution in [0.4, 0.5) is 0 Å². The highest BCUT2D eigenvalue weighted by Gasteiger charge is 2.33. The number of nitrogens with zero attached hydrogens (tertiary/aromatic N) is 3. The lowest BCUT2D eigenvalue weighted by molar-refractivity contribution is -0.137. The number of carbonyl (C=O) groups is 1. The number of rotatable bonds is 8. The number of aryl methyl sites for hydroxylation is 1. The Morgan fingerprint density at radius 2 is 1.61 bits per heavy atom. The quantitative estimate of drug-likeness (QED) is 0.546. The zero-order valence-corrected chi connectivity index (χ0v) is 21.6. The minimum atomic E-state index is -3.42. The number of hydrogen-bond donors (Lipinski definition) is 0. The van der Waals surface area contributed by atoms with Gasteiger partial charge in [0.2, 0.25) is 5.91 Å². The first-order valence-electron chi connectivity index (χ1n) is 12.7. The lowest BCUT2D eigenvalue weighted by atomic mass is 9.88. The summed E-state index contributed by atoms with van der Waals surface area (Å²) in [5.74, 6) is 0.222. The van der Waals surface area contributed by atoms with Crippen LogP contribution >= 0.6 is 11.3 Å². The van der Waals surface area contributed by atoms with Gasteiger partial charge in [0.1, 0.15) is 9.22 Å². The average Bonchev–Trinajstić information content (AvgIpc) is 3.21. The molecule has 9 heteroatoms. The summed E-state index contributed by atoms with van der Waals surface area (Å²) in [4.78, 5) is 22.4. The van der Waals surface area contributed by atoms with Gasteiger partial charge >= 0.3 is 0 Å². The van der Waals surface area contributed by atoms with Gasteiger partial charge in [-0.05, 0) is 32.6 Å². The number of aromatic nitrogens is 1. The Morgan fingerprint density at radius 3 is 2.18 bits per heavy atom. The molecule has 0 bridgehead atoms. The molecule has 7 nitrogen and oxygen atoms in total. The monoisotopic (exact) mass is 497 g/mol. The highest BCUT2D eigenvalue weighted by molar-refractivity contribution is 7.93. The van der Waals surface area contributed by atoms with E-state index in [1.165, 1.54) is 49.9 Å². The first kappa shape index (κ1) is 25.1. The number of carbonyl (C=O) groups excluding carboxylic acids is 1. The van der Waals surface area contributed by atoms with E-state index in [1.807, 2.05) is 0 Å². The molecular weight excluding hydrogens is 458 g/mol. The molecule has 2 heterocycles. The summed E-state index contributed by atoms with van der Waals surface area (Å²) in [5, 5.41) is 0.638. The van der Waals surface area contributed by atoms with Crippen molar-refractivity contribution in [2.24, 2.45) is 0 Å². The fourth-order valence-electron chi connectivity index (χ4n) is 5.61. The smallest absolute Gasteiger partial charge is 0.229 e. The lowest BCUT2D eigenvalue weighted by Gasteiger charge is -2.41. The Balaban J connectivity index is 1.43. The predicted octanol–water partition coefficient (Wildman–Crippen LogP) is 3.59. The SMILES string of the molecule is Cc1nc(CC(=O)N(C2CCCCC2)C2CCCCC2)sc1S(=O)(=O)CCN1CCOCC1. The van der Waals surface area contributed by atoms with Crippen LogP contribution in [-0.2, 0) is 25.8 Å². The van der Waals surface area contributed by atoms with Crippen LogP contribution in [0.5, 0.6) is 0 Å². The molecule has 0 atom stereocenters. The standard InChI is InChI=1S/C24H39N3O4S2/c1-19-24(33(29,30)17-14-26-12-15-31-16-13-26)32-22(25-19)18-23(28)27(20-8-4-2-5-9-20)21-10-6-3-7-11-21/h20-21H,2-18H2,1H3. The van der Waals surface area contributed by atoms with E-state index >= 15 is 0 Å². The molecule has 0 spiro atoms. The molecule has 1 aromatic heterocycles. The number of morpholine rings is 1. The van der Waals surface area contributed by atoms with Crippen LogP contribution in [0.3, 0.4) is 0 Å². The Kier molecular flexibility index (Phi) is 8.81. The second kappa shape index (κ2) is 11.6. The van der Waals surface area contributed by atoms with Crippen LogP contribution < -0.4 is 0 Å². The average molecular weight is 498 g/mol. The summed E-state index contributed by atoms with van der Waals surface area (Å²) in [5.41, 5.74) is 0.534. The van der Waals surface area contributed by atoms with Crippen molar-refractivity contribution in [3.05, 3.63) is 10.7 Å². The molecule has 0 radical (unpaired) electrons. The molecule has 1 aromatic rings. The van der Waals surface area contributed by atoms with Gasteiger partial charge in [-0.25, -0.2) is 13.4 Å². The van der Waals surface area contributed by atoms with Crippen LogP contribution in [0, 0.1) is 6.92 Å². The van der Waals surface area contributed by atoms with Crippen LogP contribution in [0.2, 0.25) is 0 Å². The highest BCUT2D eigenvalue weighted by Crippen LogP contribution is 2.32. The van der Waals surface area contributed by atoms with Crippen LogP contribution in [-0.4, -0.2) is 79.8 Å². The van der Waals surface area contributed by atoms with Gasteiger partial charge in [-0.3, -0.25) is 9.69 Å². The molecule has 1 amide bonds. The Morgan fingerprint density at radius 1 is 1.03 bits per heavy atom. The molecule has 4 rings (SSSR count). The molecule has 3 aliphatic rings. The third-order valence-corrected chi connectivity index (χ3v) is 10.9. The van der Waals surface area contributed by atoms with E-state index in [1.54, 1.807) is 6.92 Å². The maximum Gasteiger partial charge on any atom is 0.229 e. The van der Waals surface area contributed by atoms with Crippen molar-refractivity contribution in [1.82, 2.24) is 14.8 Å². The molecule has 0 N–H and O–H groups in total. The summed E-state index contributed by atoms with van der Waals surface area (Å²) >= 11 is 1.20. The van der Waals surface area contributed by atoms with E-state index in [-0.39, 0.29) is 18.1 Å². The second-order valence-electron chi connectivity index (χ2n) is 9.81. The number of thiazole rings is 1. The summed E-state index contributed by atoms with van der Waals surface area (Å²) in [6.07, 6.45) is 11.9. The van der Waals surface area contributed by atoms with Crippen molar-refractivity contribution < 1.29 is 17.9 Å². The van der Waals surface area contributed by atoms with Crippen LogP contribution in [0.15, 0.2) is 4.21 Å². The molecule has 1 saturated heterocycles. The van der Waals surface area contributed by atoms with Crippen molar-refractivity contribution in [3.63, 3.8) is 0 Å². The molecule has 186 valence electrons. The Hall–Kier alpha value is -1.03. The van der Waals surface area contributed by atoms with Crippen molar-refractivity contribution in [2.45, 2.75) is 93.8 Å². The number of sulfone groups is 1. The van der Waals surface area contributed by atoms with Gasteiger partial charge in [0.15, 0.2) is 9.84 Å². The van der Waals surface area contributed by atoms with E-state index in [2.05, 4.69) is 14.8 Å². The van der Waals surface area contributed by atoms with Crippen molar-refractivity contribution >= 4 is 27.1 Å². The normalized spacial score (nSPS) is 21.8. The fraction of sp³-hybridized carbons (Fsp3) is 0.833. The van der Waals surface area contributed by atoms with Gasteiger partial charge in [-0.2, -0.15) is 0 Å². The van der Waals surface area contributed by atoms with Gasteiger partial charge in [0, 0.05) is 31.7 Å². The molecule has 2 aliphatic carbocycles. The zero-order valence-electron chi connectivity index (χ0n) is 20.0. The molecule has 33 heavy (non-hydrogen) atoms. The number of hydrogen-bond acceptors (Lipinski definition) is 7. The molecule has 3 fully saturated rings. The minimum Gasteiger partial charge on any atom is -0.379 e. The largest absolute Gasteiger partial charge is 0.379 e. The van der Waals surface area contributed by atoms with E-state index in [0.717, 1.165) is 38.8 Å². The number of ether oxygens (including phenoxy) is 1. The van der Waals surface area contributed by atoms with E-state index < -0.39 is 9.84 Å². The Labute approximate surface area is 202 Å². The summed E-state index contributed by atoms with van der Waals surface area (Å²) in [6.45, 7) is 5.12. The number of amides is 1. The molecule has 1 aliphatic heterocycles. The van der Waals surface area contributed by atoms with Gasteiger partial charge in [0.05, 0.1) is 31.1 Å². The van der Waals surface area contributed by atoms with E-state index in [4.69, 9.17) is 4.74 Å². The molecular formula is C24H39N3O4S2. The molecule has 0 unspecified atom stereocenters. The summed E-state index contributed by atoms with van der Waals surface area (Å²) in [7, 11) is -3.42. The maximum absolute atomic E-state index is 13.5. The Bertz CT molecular complexity index is 866. The second-order valence-corrected chi connectivity index (χ2v) is 13.2. The van der Waals surface area contributed by atoms with Crippen LogP contribution in [0.25, 0.3) is 0 Å². The molecule has 2 saturated carbocycles. The minimum absolute atomic E-state index is 0.0830. The topological polar surface area (TPSA) is 79.8 Å². The summed E-state index contributed by atoms with van der Waals surface area (Å²) < 4.78 is 31.8. The van der Waals surface area contributed by atoms with Gasteiger partial charge in [0.25, 0.3) is 0 Å². The van der Waals surface area contributed by atoms with Gasteiger partial charge < -0.3 is 9.64 Å². The van der Waals surface area contributed by atoms with Crippen molar-refractivity contribution in [1.29, 1.82) is 0 Å². The van der Waals surface area contributed by atoms with E-state index in [9.17, 15) is 13.2 Å². The van der Waals surface area contributed by atoms with E-state index in [0.29, 0.717) is 46.8 Å². The zero-order chi connectivity index (χ0) is 23.3. The third-order valence-electron chi connectivity index (χ3n) is 7.39. The lowest BCUT2D eigenvalue weighted by Crippen LogP contribution is -2.49. The predicted molar refractivity (Wildman–Crippen MR) is 130 cm³/mol. The third kappa shape index (κ3) is 6.55. The van der Waals surface area contributed by atoms with Crippen molar-refractivity contribution in [2.75, 3.05) is 38.6 Å². The first-order chi connectivity index (χ1) is 15.9.